The highest BCUT2D eigenvalue weighted by Crippen LogP contribution is 2.25. The largest absolute Gasteiger partial charge is 0.339 e. The van der Waals surface area contributed by atoms with Crippen molar-refractivity contribution in [2.45, 2.75) is 37.0 Å². The van der Waals surface area contributed by atoms with Crippen LogP contribution in [-0.4, -0.2) is 48.3 Å². The van der Waals surface area contributed by atoms with Gasteiger partial charge in [-0.1, -0.05) is 60.3 Å². The summed E-state index contributed by atoms with van der Waals surface area (Å²) in [5.41, 5.74) is 1.87. The summed E-state index contributed by atoms with van der Waals surface area (Å²) in [5.74, 6) is 0.844. The smallest absolute Gasteiger partial charge is 0.263 e. The molecule has 4 aromatic rings. The Labute approximate surface area is 195 Å². The van der Waals surface area contributed by atoms with E-state index in [-0.39, 0.29) is 23.3 Å². The lowest BCUT2D eigenvalue weighted by atomic mass is 10.0. The van der Waals surface area contributed by atoms with E-state index in [1.165, 1.54) is 17.3 Å². The van der Waals surface area contributed by atoms with Crippen LogP contribution < -0.4 is 5.56 Å². The van der Waals surface area contributed by atoms with E-state index in [9.17, 15) is 9.59 Å². The van der Waals surface area contributed by atoms with E-state index in [2.05, 4.69) is 28.9 Å². The maximum absolute atomic E-state index is 13.1. The first-order valence-electron chi connectivity index (χ1n) is 11.1. The number of carbonyl (C=O) groups excluding carboxylic acids is 1. The van der Waals surface area contributed by atoms with Gasteiger partial charge in [-0.2, -0.15) is 0 Å². The van der Waals surface area contributed by atoms with Gasteiger partial charge in [-0.3, -0.25) is 18.6 Å². The van der Waals surface area contributed by atoms with Gasteiger partial charge in [0.05, 0.1) is 16.7 Å². The SMILES string of the molecule is C=CCn1c(=O)c2ccccc2n2c(SCC(=O)N3CCCC3Cc3ccccc3)nnc12. The number of amides is 1. The van der Waals surface area contributed by atoms with E-state index in [4.69, 9.17) is 0 Å². The molecular weight excluding hydrogens is 434 g/mol. The van der Waals surface area contributed by atoms with Gasteiger partial charge in [0.1, 0.15) is 0 Å². The number of benzene rings is 2. The zero-order valence-corrected chi connectivity index (χ0v) is 19.1. The highest BCUT2D eigenvalue weighted by Gasteiger charge is 2.29. The Morgan fingerprint density at radius 1 is 1.12 bits per heavy atom. The van der Waals surface area contributed by atoms with Gasteiger partial charge in [-0.15, -0.1) is 16.8 Å². The van der Waals surface area contributed by atoms with Crippen molar-refractivity contribution in [2.75, 3.05) is 12.3 Å². The van der Waals surface area contributed by atoms with Crippen LogP contribution in [0.3, 0.4) is 0 Å². The summed E-state index contributed by atoms with van der Waals surface area (Å²) in [5, 5.41) is 9.79. The van der Waals surface area contributed by atoms with Crippen molar-refractivity contribution in [1.82, 2.24) is 24.1 Å². The van der Waals surface area contributed by atoms with Gasteiger partial charge in [0, 0.05) is 19.1 Å². The predicted octanol–water partition coefficient (Wildman–Crippen LogP) is 3.56. The standard InChI is InChI=1S/C25H25N5O2S/c1-2-14-29-23(32)20-12-6-7-13-21(20)30-24(29)26-27-25(30)33-17-22(31)28-15-8-11-19(28)16-18-9-4-3-5-10-18/h2-7,9-10,12-13,19H,1,8,11,14-17H2. The maximum atomic E-state index is 13.1. The molecule has 1 aliphatic rings. The fourth-order valence-corrected chi connectivity index (χ4v) is 5.42. The van der Waals surface area contributed by atoms with E-state index < -0.39 is 0 Å². The molecule has 1 atom stereocenters. The number of likely N-dealkylation sites (tertiary alicyclic amines) is 1. The van der Waals surface area contributed by atoms with Crippen molar-refractivity contribution in [3.8, 4) is 0 Å². The molecule has 1 fully saturated rings. The Bertz CT molecular complexity index is 1380. The van der Waals surface area contributed by atoms with Crippen LogP contribution in [-0.2, 0) is 17.8 Å². The van der Waals surface area contributed by atoms with E-state index >= 15 is 0 Å². The number of nitrogens with zero attached hydrogens (tertiary/aromatic N) is 5. The molecule has 0 saturated carbocycles. The Morgan fingerprint density at radius 2 is 1.91 bits per heavy atom. The number of para-hydroxylation sites is 1. The normalized spacial score (nSPS) is 16.0. The van der Waals surface area contributed by atoms with Crippen molar-refractivity contribution < 1.29 is 4.79 Å². The Balaban J connectivity index is 1.40. The first kappa shape index (κ1) is 21.5. The minimum absolute atomic E-state index is 0.110. The molecule has 5 rings (SSSR count). The lowest BCUT2D eigenvalue weighted by molar-refractivity contribution is -0.129. The summed E-state index contributed by atoms with van der Waals surface area (Å²) in [6, 6.07) is 18.0. The van der Waals surface area contributed by atoms with Crippen LogP contribution >= 0.6 is 11.8 Å². The lowest BCUT2D eigenvalue weighted by Crippen LogP contribution is -2.38. The van der Waals surface area contributed by atoms with Crippen LogP contribution in [0, 0.1) is 0 Å². The molecule has 0 N–H and O–H groups in total. The van der Waals surface area contributed by atoms with Crippen molar-refractivity contribution in [2.24, 2.45) is 0 Å². The van der Waals surface area contributed by atoms with E-state index in [0.717, 1.165) is 31.3 Å². The molecule has 3 heterocycles. The molecule has 0 spiro atoms. The molecule has 8 heteroatoms. The molecule has 1 unspecified atom stereocenters. The Kier molecular flexibility index (Phi) is 6.00. The minimum atomic E-state index is -0.126. The fraction of sp³-hybridized carbons (Fsp3) is 0.280. The van der Waals surface area contributed by atoms with Crippen LogP contribution in [0.5, 0.6) is 0 Å². The quantitative estimate of drug-likeness (QED) is 0.312. The fourth-order valence-electron chi connectivity index (χ4n) is 4.59. The van der Waals surface area contributed by atoms with E-state index in [0.29, 0.717) is 22.9 Å². The molecule has 168 valence electrons. The van der Waals surface area contributed by atoms with Gasteiger partial charge >= 0.3 is 0 Å². The number of hydrogen-bond donors (Lipinski definition) is 0. The number of rotatable bonds is 7. The lowest BCUT2D eigenvalue weighted by Gasteiger charge is -2.24. The number of fused-ring (bicyclic) bond motifs is 3. The van der Waals surface area contributed by atoms with Gasteiger partial charge in [0.15, 0.2) is 5.16 Å². The third-order valence-electron chi connectivity index (χ3n) is 6.13. The number of hydrogen-bond acceptors (Lipinski definition) is 5. The monoisotopic (exact) mass is 459 g/mol. The van der Waals surface area contributed by atoms with Gasteiger partial charge in [-0.25, -0.2) is 0 Å². The van der Waals surface area contributed by atoms with Gasteiger partial charge < -0.3 is 4.90 Å². The number of carbonyl (C=O) groups is 1. The third kappa shape index (κ3) is 4.06. The Morgan fingerprint density at radius 3 is 2.73 bits per heavy atom. The molecule has 33 heavy (non-hydrogen) atoms. The third-order valence-corrected chi connectivity index (χ3v) is 7.04. The summed E-state index contributed by atoms with van der Waals surface area (Å²) in [6.07, 6.45) is 4.60. The van der Waals surface area contributed by atoms with Crippen molar-refractivity contribution in [3.63, 3.8) is 0 Å². The van der Waals surface area contributed by atoms with Gasteiger partial charge in [0.25, 0.3) is 5.56 Å². The number of allylic oxidation sites excluding steroid dienone is 1. The van der Waals surface area contributed by atoms with E-state index in [1.54, 1.807) is 16.7 Å². The van der Waals surface area contributed by atoms with Crippen molar-refractivity contribution in [3.05, 3.63) is 83.2 Å². The van der Waals surface area contributed by atoms with Crippen LogP contribution in [0.1, 0.15) is 18.4 Å². The van der Waals surface area contributed by atoms with Gasteiger partial charge in [-0.05, 0) is 37.0 Å². The second kappa shape index (κ2) is 9.23. The molecular formula is C25H25N5O2S. The highest BCUT2D eigenvalue weighted by atomic mass is 32.2. The predicted molar refractivity (Wildman–Crippen MR) is 131 cm³/mol. The second-order valence-corrected chi connectivity index (χ2v) is 9.14. The average Bonchev–Trinajstić information content (AvgIpc) is 3.48. The summed E-state index contributed by atoms with van der Waals surface area (Å²) in [7, 11) is 0. The van der Waals surface area contributed by atoms with Crippen LogP contribution in [0.25, 0.3) is 16.7 Å². The molecule has 0 radical (unpaired) electrons. The molecule has 0 bridgehead atoms. The van der Waals surface area contributed by atoms with Crippen molar-refractivity contribution in [1.29, 1.82) is 0 Å². The molecule has 0 aliphatic carbocycles. The first-order valence-corrected chi connectivity index (χ1v) is 12.1. The van der Waals surface area contributed by atoms with Crippen LogP contribution in [0.15, 0.2) is 77.2 Å². The number of aromatic nitrogens is 4. The minimum Gasteiger partial charge on any atom is -0.339 e. The zero-order valence-electron chi connectivity index (χ0n) is 18.3. The Hall–Kier alpha value is -3.39. The molecule has 1 amide bonds. The van der Waals surface area contributed by atoms with Crippen LogP contribution in [0.4, 0.5) is 0 Å². The van der Waals surface area contributed by atoms with E-state index in [1.807, 2.05) is 45.7 Å². The molecule has 7 nitrogen and oxygen atoms in total. The summed E-state index contributed by atoms with van der Waals surface area (Å²) in [6.45, 7) is 4.89. The molecule has 1 saturated heterocycles. The average molecular weight is 460 g/mol. The molecule has 1 aliphatic heterocycles. The summed E-state index contributed by atoms with van der Waals surface area (Å²) in [4.78, 5) is 28.1. The van der Waals surface area contributed by atoms with Crippen LogP contribution in [0.2, 0.25) is 0 Å². The first-order chi connectivity index (χ1) is 16.2. The van der Waals surface area contributed by atoms with Gasteiger partial charge in [0.2, 0.25) is 11.7 Å². The molecule has 2 aromatic carbocycles. The summed E-state index contributed by atoms with van der Waals surface area (Å²) < 4.78 is 3.42. The summed E-state index contributed by atoms with van der Waals surface area (Å²) >= 11 is 1.36. The zero-order chi connectivity index (χ0) is 22.8. The topological polar surface area (TPSA) is 72.5 Å². The molecule has 2 aromatic heterocycles. The van der Waals surface area contributed by atoms with Crippen molar-refractivity contribution >= 4 is 34.3 Å². The maximum Gasteiger partial charge on any atom is 0.263 e. The number of thioether (sulfide) groups is 1. The highest BCUT2D eigenvalue weighted by molar-refractivity contribution is 7.99. The second-order valence-electron chi connectivity index (χ2n) is 8.20.